The molecule has 1 amide bonds. The Morgan fingerprint density at radius 1 is 1.21 bits per heavy atom. The zero-order valence-electron chi connectivity index (χ0n) is 13.8. The second-order valence-corrected chi connectivity index (χ2v) is 7.83. The molecule has 0 atom stereocenters. The average molecular weight is 403 g/mol. The van der Waals surface area contributed by atoms with E-state index < -0.39 is 0 Å². The quantitative estimate of drug-likeness (QED) is 0.679. The standard InChI is InChI=1S/C19H19BrN2OS/c1-13-7-8-14(2)17(11-13)21-19-22(9-4-10-24-19)18(23)15-5-3-6-16(20)12-15/h3,5-8,11-12H,4,9-10H2,1-2H3. The van der Waals surface area contributed by atoms with Crippen LogP contribution in [0.4, 0.5) is 5.69 Å². The molecule has 0 unspecified atom stereocenters. The fourth-order valence-corrected chi connectivity index (χ4v) is 3.91. The van der Waals surface area contributed by atoms with Gasteiger partial charge in [0, 0.05) is 22.3 Å². The van der Waals surface area contributed by atoms with Crippen molar-refractivity contribution < 1.29 is 4.79 Å². The number of thioether (sulfide) groups is 1. The number of hydrogen-bond acceptors (Lipinski definition) is 3. The molecule has 1 heterocycles. The summed E-state index contributed by atoms with van der Waals surface area (Å²) in [6.07, 6.45) is 0.982. The molecule has 0 N–H and O–H groups in total. The van der Waals surface area contributed by atoms with Crippen LogP contribution in [0.25, 0.3) is 0 Å². The van der Waals surface area contributed by atoms with Gasteiger partial charge in [0.15, 0.2) is 5.17 Å². The highest BCUT2D eigenvalue weighted by atomic mass is 79.9. The van der Waals surface area contributed by atoms with Gasteiger partial charge in [-0.1, -0.05) is 45.9 Å². The van der Waals surface area contributed by atoms with Crippen LogP contribution < -0.4 is 0 Å². The third-order valence-electron chi connectivity index (χ3n) is 3.89. The highest BCUT2D eigenvalue weighted by Crippen LogP contribution is 2.27. The number of hydrogen-bond donors (Lipinski definition) is 0. The summed E-state index contributed by atoms with van der Waals surface area (Å²) in [6.45, 7) is 4.82. The molecule has 5 heteroatoms. The lowest BCUT2D eigenvalue weighted by atomic mass is 10.1. The van der Waals surface area contributed by atoms with Crippen LogP contribution in [0, 0.1) is 13.8 Å². The molecule has 2 aromatic rings. The summed E-state index contributed by atoms with van der Waals surface area (Å²) in [5.74, 6) is 0.999. The Hall–Kier alpha value is -1.59. The van der Waals surface area contributed by atoms with Crippen LogP contribution in [-0.2, 0) is 0 Å². The first-order chi connectivity index (χ1) is 11.5. The summed E-state index contributed by atoms with van der Waals surface area (Å²) in [7, 11) is 0. The highest BCUT2D eigenvalue weighted by molar-refractivity contribution is 9.10. The van der Waals surface area contributed by atoms with Crippen molar-refractivity contribution in [3.05, 3.63) is 63.6 Å². The number of nitrogens with zero attached hydrogens (tertiary/aromatic N) is 2. The average Bonchev–Trinajstić information content (AvgIpc) is 2.58. The Labute approximate surface area is 155 Å². The minimum Gasteiger partial charge on any atom is -0.287 e. The van der Waals surface area contributed by atoms with Gasteiger partial charge >= 0.3 is 0 Å². The van der Waals surface area contributed by atoms with Crippen molar-refractivity contribution in [1.82, 2.24) is 4.90 Å². The van der Waals surface area contributed by atoms with E-state index in [-0.39, 0.29) is 5.91 Å². The van der Waals surface area contributed by atoms with E-state index in [1.54, 1.807) is 16.7 Å². The third-order valence-corrected chi connectivity index (χ3v) is 5.44. The molecule has 0 aliphatic carbocycles. The number of amides is 1. The number of carbonyl (C=O) groups excluding carboxylic acids is 1. The molecule has 0 aromatic heterocycles. The van der Waals surface area contributed by atoms with Crippen molar-refractivity contribution in [2.75, 3.05) is 12.3 Å². The van der Waals surface area contributed by atoms with Crippen LogP contribution in [0.15, 0.2) is 51.9 Å². The van der Waals surface area contributed by atoms with Crippen molar-refractivity contribution in [3.8, 4) is 0 Å². The topological polar surface area (TPSA) is 32.7 Å². The molecule has 3 nitrogen and oxygen atoms in total. The van der Waals surface area contributed by atoms with E-state index in [1.807, 2.05) is 31.2 Å². The molecule has 0 radical (unpaired) electrons. The Morgan fingerprint density at radius 2 is 2.04 bits per heavy atom. The maximum absolute atomic E-state index is 12.9. The summed E-state index contributed by atoms with van der Waals surface area (Å²) >= 11 is 5.09. The molecule has 3 rings (SSSR count). The first-order valence-corrected chi connectivity index (χ1v) is 9.68. The molecule has 2 aromatic carbocycles. The number of amidine groups is 1. The lowest BCUT2D eigenvalue weighted by Gasteiger charge is -2.28. The van der Waals surface area contributed by atoms with E-state index >= 15 is 0 Å². The van der Waals surface area contributed by atoms with Crippen LogP contribution in [0.2, 0.25) is 0 Å². The zero-order valence-corrected chi connectivity index (χ0v) is 16.2. The van der Waals surface area contributed by atoms with E-state index in [9.17, 15) is 4.79 Å². The summed E-state index contributed by atoms with van der Waals surface area (Å²) in [5.41, 5.74) is 3.91. The Morgan fingerprint density at radius 3 is 2.83 bits per heavy atom. The third kappa shape index (κ3) is 3.90. The molecule has 24 heavy (non-hydrogen) atoms. The second kappa shape index (κ2) is 7.53. The molecule has 1 aliphatic heterocycles. The predicted molar refractivity (Wildman–Crippen MR) is 105 cm³/mol. The number of rotatable bonds is 2. The maximum Gasteiger partial charge on any atom is 0.259 e. The second-order valence-electron chi connectivity index (χ2n) is 5.85. The number of benzene rings is 2. The van der Waals surface area contributed by atoms with Crippen molar-refractivity contribution in [3.63, 3.8) is 0 Å². The number of aryl methyl sites for hydroxylation is 2. The van der Waals surface area contributed by atoms with Gasteiger partial charge in [-0.2, -0.15) is 0 Å². The van der Waals surface area contributed by atoms with Gasteiger partial charge in [-0.15, -0.1) is 0 Å². The summed E-state index contributed by atoms with van der Waals surface area (Å²) in [6, 6.07) is 13.7. The van der Waals surface area contributed by atoms with Crippen molar-refractivity contribution in [1.29, 1.82) is 0 Å². The SMILES string of the molecule is Cc1ccc(C)c(N=C2SCCCN2C(=O)c2cccc(Br)c2)c1. The van der Waals surface area contributed by atoms with Gasteiger partial charge in [0.1, 0.15) is 0 Å². The lowest BCUT2D eigenvalue weighted by molar-refractivity contribution is 0.0849. The molecular weight excluding hydrogens is 384 g/mol. The summed E-state index contributed by atoms with van der Waals surface area (Å²) in [4.78, 5) is 19.5. The fraction of sp³-hybridized carbons (Fsp3) is 0.263. The molecule has 0 bridgehead atoms. The van der Waals surface area contributed by atoms with Crippen molar-refractivity contribution >= 4 is 44.5 Å². The van der Waals surface area contributed by atoms with Gasteiger partial charge in [0.05, 0.1) is 5.69 Å². The van der Waals surface area contributed by atoms with Crippen LogP contribution in [0.5, 0.6) is 0 Å². The smallest absolute Gasteiger partial charge is 0.259 e. The van der Waals surface area contributed by atoms with E-state index in [0.29, 0.717) is 12.1 Å². The Kier molecular flexibility index (Phi) is 5.41. The summed E-state index contributed by atoms with van der Waals surface area (Å²) in [5, 5.41) is 0.792. The van der Waals surface area contributed by atoms with Gasteiger partial charge in [-0.05, 0) is 55.7 Å². The first kappa shape index (κ1) is 17.2. The Bertz CT molecular complexity index is 804. The first-order valence-electron chi connectivity index (χ1n) is 7.91. The number of halogens is 1. The van der Waals surface area contributed by atoms with E-state index in [4.69, 9.17) is 4.99 Å². The van der Waals surface area contributed by atoms with E-state index in [2.05, 4.69) is 41.1 Å². The minimum atomic E-state index is 0.00700. The van der Waals surface area contributed by atoms with Crippen LogP contribution in [0.3, 0.4) is 0 Å². The van der Waals surface area contributed by atoms with E-state index in [0.717, 1.165) is 33.1 Å². The van der Waals surface area contributed by atoms with Gasteiger partial charge < -0.3 is 0 Å². The normalized spacial score (nSPS) is 16.5. The fourth-order valence-electron chi connectivity index (χ4n) is 2.56. The molecule has 1 fully saturated rings. The van der Waals surface area contributed by atoms with Gasteiger partial charge in [-0.3, -0.25) is 9.69 Å². The number of aliphatic imine (C=N–C) groups is 1. The van der Waals surface area contributed by atoms with Gasteiger partial charge in [-0.25, -0.2) is 4.99 Å². The van der Waals surface area contributed by atoms with Crippen molar-refractivity contribution in [2.24, 2.45) is 4.99 Å². The molecule has 0 saturated carbocycles. The largest absolute Gasteiger partial charge is 0.287 e. The monoisotopic (exact) mass is 402 g/mol. The van der Waals surface area contributed by atoms with E-state index in [1.165, 1.54) is 5.56 Å². The molecular formula is C19H19BrN2OS. The Balaban J connectivity index is 1.95. The van der Waals surface area contributed by atoms with Crippen molar-refractivity contribution in [2.45, 2.75) is 20.3 Å². The minimum absolute atomic E-state index is 0.00700. The number of carbonyl (C=O) groups is 1. The molecule has 1 saturated heterocycles. The summed E-state index contributed by atoms with van der Waals surface area (Å²) < 4.78 is 0.908. The highest BCUT2D eigenvalue weighted by Gasteiger charge is 2.25. The maximum atomic E-state index is 12.9. The van der Waals surface area contributed by atoms with Crippen LogP contribution in [-0.4, -0.2) is 28.3 Å². The molecule has 124 valence electrons. The molecule has 1 aliphatic rings. The predicted octanol–water partition coefficient (Wildman–Crippen LogP) is 5.33. The lowest BCUT2D eigenvalue weighted by Crippen LogP contribution is -2.39. The zero-order chi connectivity index (χ0) is 17.1. The molecule has 0 spiro atoms. The van der Waals surface area contributed by atoms with Gasteiger partial charge in [0.25, 0.3) is 5.91 Å². The van der Waals surface area contributed by atoms with Crippen LogP contribution in [0.1, 0.15) is 27.9 Å². The van der Waals surface area contributed by atoms with Gasteiger partial charge in [0.2, 0.25) is 0 Å². The van der Waals surface area contributed by atoms with Crippen LogP contribution >= 0.6 is 27.7 Å².